The minimum absolute atomic E-state index is 0.0413. The molecular weight excluding hydrogens is 426 g/mol. The molecule has 33 heavy (non-hydrogen) atoms. The first-order valence-corrected chi connectivity index (χ1v) is 10.6. The third-order valence-corrected chi connectivity index (χ3v) is 5.42. The molecule has 0 aliphatic heterocycles. The van der Waals surface area contributed by atoms with Crippen LogP contribution in [0.1, 0.15) is 42.6 Å². The smallest absolute Gasteiger partial charge is 0.335 e. The quantitative estimate of drug-likeness (QED) is 0.359. The van der Waals surface area contributed by atoms with E-state index in [-0.39, 0.29) is 31.6 Å². The third-order valence-electron chi connectivity index (χ3n) is 5.42. The number of Topliss-reactive ketones (excluding diaryl/α,β-unsaturated/α-hetero) is 2. The summed E-state index contributed by atoms with van der Waals surface area (Å²) in [5.74, 6) is -2.82. The highest BCUT2D eigenvalue weighted by molar-refractivity contribution is 6.37. The molecule has 2 aromatic rings. The molecule has 1 amide bonds. The first kappa shape index (κ1) is 25.9. The molecule has 0 heterocycles. The van der Waals surface area contributed by atoms with Crippen molar-refractivity contribution in [3.63, 3.8) is 0 Å². The van der Waals surface area contributed by atoms with Crippen LogP contribution in [0.25, 0.3) is 11.1 Å². The van der Waals surface area contributed by atoms with E-state index in [1.165, 1.54) is 26.0 Å². The predicted molar refractivity (Wildman–Crippen MR) is 122 cm³/mol. The van der Waals surface area contributed by atoms with Crippen molar-refractivity contribution >= 4 is 23.4 Å². The van der Waals surface area contributed by atoms with Gasteiger partial charge < -0.3 is 20.6 Å². The zero-order valence-electron chi connectivity index (χ0n) is 18.7. The van der Waals surface area contributed by atoms with E-state index in [0.717, 1.165) is 16.7 Å². The molecule has 176 valence electrons. The van der Waals surface area contributed by atoms with Gasteiger partial charge in [-0.1, -0.05) is 50.2 Å². The molecule has 0 aromatic heterocycles. The Bertz CT molecular complexity index is 994. The van der Waals surface area contributed by atoms with Crippen LogP contribution in [-0.4, -0.2) is 58.0 Å². The lowest BCUT2D eigenvalue weighted by molar-refractivity contribution is -0.138. The maximum absolute atomic E-state index is 12.1. The van der Waals surface area contributed by atoms with Crippen LogP contribution in [0.4, 0.5) is 0 Å². The molecule has 2 rings (SSSR count). The molecule has 0 fully saturated rings. The zero-order chi connectivity index (χ0) is 24.6. The molecule has 0 saturated heterocycles. The number of amides is 1. The average molecular weight is 456 g/mol. The Morgan fingerprint density at radius 3 is 1.91 bits per heavy atom. The van der Waals surface area contributed by atoms with Crippen molar-refractivity contribution in [3.8, 4) is 11.1 Å². The Balaban J connectivity index is 1.80. The summed E-state index contributed by atoms with van der Waals surface area (Å²) >= 11 is 0. The van der Waals surface area contributed by atoms with Gasteiger partial charge in [0.25, 0.3) is 0 Å². The first-order chi connectivity index (χ1) is 15.5. The largest absolute Gasteiger partial charge is 0.478 e. The maximum atomic E-state index is 12.1. The Kier molecular flexibility index (Phi) is 9.02. The number of nitrogens with one attached hydrogen (secondary N) is 1. The summed E-state index contributed by atoms with van der Waals surface area (Å²) in [6.07, 6.45) is -1.16. The first-order valence-electron chi connectivity index (χ1n) is 10.6. The van der Waals surface area contributed by atoms with Crippen LogP contribution in [0.2, 0.25) is 0 Å². The highest BCUT2D eigenvalue weighted by Crippen LogP contribution is 2.21. The van der Waals surface area contributed by atoms with E-state index in [4.69, 9.17) is 5.11 Å². The number of carboxylic acids is 1. The standard InChI is InChI=1S/C25H29NO7/c1-25(2,15-27)22(30)23(31)26-14-13-21(29)20(28)12-5-16-3-6-17(7-4-16)18-8-10-19(11-9-18)24(32)33/h3-4,6-11,22,27,30H,5,12-15H2,1-2H3,(H,26,31)(H,32,33)/t22-/m0/s1. The van der Waals surface area contributed by atoms with Crippen molar-refractivity contribution < 1.29 is 34.5 Å². The molecule has 4 N–H and O–H groups in total. The van der Waals surface area contributed by atoms with E-state index < -0.39 is 35.0 Å². The van der Waals surface area contributed by atoms with Gasteiger partial charge in [-0.25, -0.2) is 4.79 Å². The van der Waals surface area contributed by atoms with Crippen LogP contribution in [0, 0.1) is 5.41 Å². The third kappa shape index (κ3) is 7.34. The fraction of sp³-hybridized carbons (Fsp3) is 0.360. The van der Waals surface area contributed by atoms with Crippen LogP contribution < -0.4 is 5.32 Å². The van der Waals surface area contributed by atoms with Crippen LogP contribution in [0.5, 0.6) is 0 Å². The number of hydrogen-bond donors (Lipinski definition) is 4. The number of aryl methyl sites for hydroxylation is 1. The highest BCUT2D eigenvalue weighted by atomic mass is 16.4. The summed E-state index contributed by atoms with van der Waals surface area (Å²) in [7, 11) is 0. The number of rotatable bonds is 12. The van der Waals surface area contributed by atoms with Gasteiger partial charge in [0.1, 0.15) is 6.10 Å². The molecule has 8 heteroatoms. The van der Waals surface area contributed by atoms with Crippen molar-refractivity contribution in [1.82, 2.24) is 5.32 Å². The van der Waals surface area contributed by atoms with E-state index in [9.17, 15) is 29.4 Å². The van der Waals surface area contributed by atoms with Crippen LogP contribution in [0.3, 0.4) is 0 Å². The second-order valence-corrected chi connectivity index (χ2v) is 8.52. The molecular formula is C25H29NO7. The topological polar surface area (TPSA) is 141 Å². The van der Waals surface area contributed by atoms with E-state index in [1.807, 2.05) is 24.3 Å². The number of carboxylic acid groups (broad SMARTS) is 1. The van der Waals surface area contributed by atoms with E-state index in [2.05, 4.69) is 5.32 Å². The van der Waals surface area contributed by atoms with Gasteiger partial charge in [-0.3, -0.25) is 14.4 Å². The van der Waals surface area contributed by atoms with Crippen LogP contribution in [0.15, 0.2) is 48.5 Å². The van der Waals surface area contributed by atoms with Crippen LogP contribution >= 0.6 is 0 Å². The van der Waals surface area contributed by atoms with Gasteiger partial charge in [0.2, 0.25) is 5.91 Å². The molecule has 0 aliphatic carbocycles. The molecule has 2 aromatic carbocycles. The summed E-state index contributed by atoms with van der Waals surface area (Å²) in [4.78, 5) is 47.0. The number of aromatic carboxylic acids is 1. The van der Waals surface area contributed by atoms with Crippen molar-refractivity contribution in [1.29, 1.82) is 0 Å². The fourth-order valence-corrected chi connectivity index (χ4v) is 3.04. The second kappa shape index (κ2) is 11.5. The van der Waals surface area contributed by atoms with Gasteiger partial charge in [-0.05, 0) is 35.2 Å². The normalized spacial score (nSPS) is 12.1. The summed E-state index contributed by atoms with van der Waals surface area (Å²) < 4.78 is 0. The number of aliphatic hydroxyl groups is 2. The fourth-order valence-electron chi connectivity index (χ4n) is 3.04. The van der Waals surface area contributed by atoms with Gasteiger partial charge in [0.05, 0.1) is 12.2 Å². The molecule has 0 unspecified atom stereocenters. The molecule has 0 spiro atoms. The number of carbonyl (C=O) groups is 4. The van der Waals surface area contributed by atoms with Crippen molar-refractivity contribution in [3.05, 3.63) is 59.7 Å². The second-order valence-electron chi connectivity index (χ2n) is 8.52. The Morgan fingerprint density at radius 2 is 1.39 bits per heavy atom. The lowest BCUT2D eigenvalue weighted by Crippen LogP contribution is -2.46. The average Bonchev–Trinajstić information content (AvgIpc) is 2.82. The Morgan fingerprint density at radius 1 is 0.879 bits per heavy atom. The lowest BCUT2D eigenvalue weighted by atomic mass is 9.87. The number of aliphatic hydroxyl groups excluding tert-OH is 2. The van der Waals surface area contributed by atoms with E-state index in [0.29, 0.717) is 6.42 Å². The van der Waals surface area contributed by atoms with Crippen molar-refractivity contribution in [2.45, 2.75) is 39.2 Å². The van der Waals surface area contributed by atoms with Crippen LogP contribution in [-0.2, 0) is 20.8 Å². The molecule has 0 bridgehead atoms. The van der Waals surface area contributed by atoms with E-state index in [1.54, 1.807) is 12.1 Å². The summed E-state index contributed by atoms with van der Waals surface area (Å²) in [6.45, 7) is 2.62. The van der Waals surface area contributed by atoms with Crippen molar-refractivity contribution in [2.24, 2.45) is 5.41 Å². The lowest BCUT2D eigenvalue weighted by Gasteiger charge is -2.27. The number of hydrogen-bond acceptors (Lipinski definition) is 6. The predicted octanol–water partition coefficient (Wildman–Crippen LogP) is 2.01. The summed E-state index contributed by atoms with van der Waals surface area (Å²) in [5.41, 5.74) is 1.85. The van der Waals surface area contributed by atoms with Gasteiger partial charge in [-0.2, -0.15) is 0 Å². The van der Waals surface area contributed by atoms with Crippen molar-refractivity contribution in [2.75, 3.05) is 13.2 Å². The SMILES string of the molecule is CC(C)(CO)[C@@H](O)C(=O)NCCC(=O)C(=O)CCc1ccc(-c2ccc(C(=O)O)cc2)cc1. The number of carbonyl (C=O) groups excluding carboxylic acids is 3. The number of ketones is 2. The molecule has 0 radical (unpaired) electrons. The van der Waals surface area contributed by atoms with Gasteiger partial charge in [0, 0.05) is 24.8 Å². The molecule has 8 nitrogen and oxygen atoms in total. The Labute approximate surface area is 192 Å². The van der Waals surface area contributed by atoms with Gasteiger partial charge in [0.15, 0.2) is 11.6 Å². The van der Waals surface area contributed by atoms with E-state index >= 15 is 0 Å². The number of benzene rings is 2. The Hall–Kier alpha value is -3.36. The van der Waals surface area contributed by atoms with Gasteiger partial charge in [-0.15, -0.1) is 0 Å². The monoisotopic (exact) mass is 455 g/mol. The maximum Gasteiger partial charge on any atom is 0.335 e. The molecule has 1 atom stereocenters. The summed E-state index contributed by atoms with van der Waals surface area (Å²) in [6, 6.07) is 14.0. The summed E-state index contributed by atoms with van der Waals surface area (Å²) in [5, 5.41) is 30.5. The van der Waals surface area contributed by atoms with Gasteiger partial charge >= 0.3 is 5.97 Å². The molecule has 0 saturated carbocycles. The minimum Gasteiger partial charge on any atom is -0.478 e. The highest BCUT2D eigenvalue weighted by Gasteiger charge is 2.32. The molecule has 0 aliphatic rings. The minimum atomic E-state index is -1.42. The zero-order valence-corrected chi connectivity index (χ0v) is 18.7.